The molecular formula is C14H19N3O2. The Morgan fingerprint density at radius 1 is 1.26 bits per heavy atom. The molecule has 4 aliphatic carbocycles. The molecule has 0 aliphatic heterocycles. The lowest BCUT2D eigenvalue weighted by Gasteiger charge is -2.56. The summed E-state index contributed by atoms with van der Waals surface area (Å²) in [7, 11) is 0. The number of carbonyl (C=O) groups is 1. The lowest BCUT2D eigenvalue weighted by Crippen LogP contribution is -2.48. The van der Waals surface area contributed by atoms with Crippen LogP contribution in [0.4, 0.5) is 0 Å². The van der Waals surface area contributed by atoms with Crippen molar-refractivity contribution in [2.24, 2.45) is 23.2 Å². The van der Waals surface area contributed by atoms with Crippen LogP contribution in [-0.4, -0.2) is 25.8 Å². The molecule has 5 heteroatoms. The Balaban J connectivity index is 1.57. The summed E-state index contributed by atoms with van der Waals surface area (Å²) >= 11 is 0. The summed E-state index contributed by atoms with van der Waals surface area (Å²) in [5.74, 6) is 1.62. The normalized spacial score (nSPS) is 39.7. The lowest BCUT2D eigenvalue weighted by atomic mass is 9.49. The van der Waals surface area contributed by atoms with Gasteiger partial charge in [-0.05, 0) is 61.7 Å². The highest BCUT2D eigenvalue weighted by Gasteiger charge is 2.51. The van der Waals surface area contributed by atoms with Gasteiger partial charge in [0.2, 0.25) is 0 Å². The van der Waals surface area contributed by atoms with Crippen LogP contribution in [0.3, 0.4) is 0 Å². The van der Waals surface area contributed by atoms with Crippen molar-refractivity contribution < 1.29 is 9.90 Å². The summed E-state index contributed by atoms with van der Waals surface area (Å²) in [6.45, 7) is 0.858. The molecule has 1 N–H and O–H groups in total. The van der Waals surface area contributed by atoms with Gasteiger partial charge < -0.3 is 5.11 Å². The zero-order valence-corrected chi connectivity index (χ0v) is 11.0. The van der Waals surface area contributed by atoms with E-state index in [1.807, 2.05) is 0 Å². The molecule has 0 atom stereocenters. The Morgan fingerprint density at radius 2 is 1.84 bits per heavy atom. The molecule has 0 spiro atoms. The van der Waals surface area contributed by atoms with E-state index in [4.69, 9.17) is 5.11 Å². The van der Waals surface area contributed by atoms with E-state index in [9.17, 15) is 4.79 Å². The van der Waals surface area contributed by atoms with Crippen molar-refractivity contribution >= 4 is 5.97 Å². The number of aromatic nitrogens is 3. The molecule has 0 saturated heterocycles. The second kappa shape index (κ2) is 3.81. The molecule has 1 heterocycles. The first kappa shape index (κ1) is 11.4. The van der Waals surface area contributed by atoms with E-state index in [0.717, 1.165) is 24.3 Å². The van der Waals surface area contributed by atoms with Crippen molar-refractivity contribution in [1.29, 1.82) is 0 Å². The molecule has 4 saturated carbocycles. The van der Waals surface area contributed by atoms with E-state index in [1.54, 1.807) is 11.0 Å². The van der Waals surface area contributed by atoms with Crippen molar-refractivity contribution in [3.63, 3.8) is 0 Å². The summed E-state index contributed by atoms with van der Waals surface area (Å²) in [5, 5.41) is 13.0. The van der Waals surface area contributed by atoms with Crippen molar-refractivity contribution in [3.05, 3.63) is 12.2 Å². The van der Waals surface area contributed by atoms with Crippen LogP contribution in [0.1, 0.15) is 49.1 Å². The largest absolute Gasteiger partial charge is 0.475 e. The van der Waals surface area contributed by atoms with Gasteiger partial charge in [0, 0.05) is 6.54 Å². The molecular weight excluding hydrogens is 242 g/mol. The van der Waals surface area contributed by atoms with Crippen LogP contribution < -0.4 is 0 Å². The average Bonchev–Trinajstić information content (AvgIpc) is 2.74. The first-order chi connectivity index (χ1) is 9.12. The maximum absolute atomic E-state index is 10.8. The van der Waals surface area contributed by atoms with Crippen molar-refractivity contribution in [1.82, 2.24) is 14.8 Å². The SMILES string of the molecule is O=C(O)c1ncn(CC23CC4CC(CC(C4)C2)C3)n1. The van der Waals surface area contributed by atoms with Crippen LogP contribution in [0, 0.1) is 23.2 Å². The number of hydrogen-bond donors (Lipinski definition) is 1. The third kappa shape index (κ3) is 1.86. The Hall–Kier alpha value is -1.39. The highest BCUT2D eigenvalue weighted by atomic mass is 16.4. The number of nitrogens with zero attached hydrogens (tertiary/aromatic N) is 3. The highest BCUT2D eigenvalue weighted by molar-refractivity contribution is 5.82. The molecule has 4 aliphatic rings. The Kier molecular flexibility index (Phi) is 2.29. The van der Waals surface area contributed by atoms with Crippen LogP contribution in [0.25, 0.3) is 0 Å². The minimum Gasteiger partial charge on any atom is -0.475 e. The van der Waals surface area contributed by atoms with Crippen LogP contribution in [0.15, 0.2) is 6.33 Å². The van der Waals surface area contributed by atoms with Crippen LogP contribution in [0.2, 0.25) is 0 Å². The Morgan fingerprint density at radius 3 is 2.32 bits per heavy atom. The second-order valence-corrected chi connectivity index (χ2v) is 6.99. The standard InChI is InChI=1S/C14H19N3O2/c18-13(19)12-15-8-17(16-12)7-14-4-9-1-10(5-14)3-11(2-9)6-14/h8-11H,1-7H2,(H,18,19). The average molecular weight is 261 g/mol. The van der Waals surface area contributed by atoms with Gasteiger partial charge in [0.1, 0.15) is 6.33 Å². The van der Waals surface area contributed by atoms with Gasteiger partial charge in [0.25, 0.3) is 5.82 Å². The summed E-state index contributed by atoms with van der Waals surface area (Å²) < 4.78 is 1.76. The predicted molar refractivity (Wildman–Crippen MR) is 67.6 cm³/mol. The fourth-order valence-electron chi connectivity index (χ4n) is 5.30. The van der Waals surface area contributed by atoms with E-state index < -0.39 is 5.97 Å². The molecule has 19 heavy (non-hydrogen) atoms. The van der Waals surface area contributed by atoms with Gasteiger partial charge in [-0.25, -0.2) is 9.78 Å². The Labute approximate surface area is 112 Å². The van der Waals surface area contributed by atoms with Crippen molar-refractivity contribution in [2.75, 3.05) is 0 Å². The lowest BCUT2D eigenvalue weighted by molar-refractivity contribution is -0.0636. The van der Waals surface area contributed by atoms with Crippen molar-refractivity contribution in [3.8, 4) is 0 Å². The third-order valence-corrected chi connectivity index (χ3v) is 5.39. The highest BCUT2D eigenvalue weighted by Crippen LogP contribution is 2.60. The van der Waals surface area contributed by atoms with Gasteiger partial charge >= 0.3 is 5.97 Å². The second-order valence-electron chi connectivity index (χ2n) is 6.99. The summed E-state index contributed by atoms with van der Waals surface area (Å²) in [5.41, 5.74) is 0.373. The van der Waals surface area contributed by atoms with E-state index >= 15 is 0 Å². The first-order valence-electron chi connectivity index (χ1n) is 7.25. The predicted octanol–water partition coefficient (Wildman–Crippen LogP) is 2.19. The van der Waals surface area contributed by atoms with Gasteiger partial charge in [-0.1, -0.05) is 0 Å². The maximum atomic E-state index is 10.8. The molecule has 4 fully saturated rings. The fourth-order valence-corrected chi connectivity index (χ4v) is 5.30. The molecule has 5 nitrogen and oxygen atoms in total. The van der Waals surface area contributed by atoms with E-state index in [1.165, 1.54) is 38.5 Å². The number of carboxylic acids is 1. The van der Waals surface area contributed by atoms with Crippen molar-refractivity contribution in [2.45, 2.75) is 45.1 Å². The van der Waals surface area contributed by atoms with E-state index in [2.05, 4.69) is 10.1 Å². The molecule has 0 aromatic carbocycles. The zero-order chi connectivity index (χ0) is 13.0. The first-order valence-corrected chi connectivity index (χ1v) is 7.25. The molecule has 5 rings (SSSR count). The summed E-state index contributed by atoms with van der Waals surface area (Å²) in [4.78, 5) is 14.7. The monoisotopic (exact) mass is 261 g/mol. The quantitative estimate of drug-likeness (QED) is 0.905. The van der Waals surface area contributed by atoms with E-state index in [0.29, 0.717) is 5.41 Å². The van der Waals surface area contributed by atoms with Crippen LogP contribution in [0.5, 0.6) is 0 Å². The topological polar surface area (TPSA) is 68.0 Å². The minimum absolute atomic E-state index is 0.0790. The molecule has 102 valence electrons. The molecule has 1 aromatic rings. The summed E-state index contributed by atoms with van der Waals surface area (Å²) in [6.07, 6.45) is 9.79. The van der Waals surface area contributed by atoms with Gasteiger partial charge in [-0.3, -0.25) is 4.68 Å². The van der Waals surface area contributed by atoms with Gasteiger partial charge in [-0.15, -0.1) is 5.10 Å². The summed E-state index contributed by atoms with van der Waals surface area (Å²) in [6, 6.07) is 0. The number of rotatable bonds is 3. The molecule has 4 bridgehead atoms. The molecule has 0 radical (unpaired) electrons. The molecule has 1 aromatic heterocycles. The molecule has 0 amide bonds. The van der Waals surface area contributed by atoms with E-state index in [-0.39, 0.29) is 5.82 Å². The zero-order valence-electron chi connectivity index (χ0n) is 11.0. The number of carboxylic acid groups (broad SMARTS) is 1. The number of aromatic carboxylic acids is 1. The minimum atomic E-state index is -1.04. The van der Waals surface area contributed by atoms with Crippen LogP contribution >= 0.6 is 0 Å². The maximum Gasteiger partial charge on any atom is 0.375 e. The third-order valence-electron chi connectivity index (χ3n) is 5.39. The molecule has 0 unspecified atom stereocenters. The Bertz CT molecular complexity index is 487. The number of hydrogen-bond acceptors (Lipinski definition) is 3. The van der Waals surface area contributed by atoms with Crippen LogP contribution in [-0.2, 0) is 6.54 Å². The van der Waals surface area contributed by atoms with Gasteiger partial charge in [0.05, 0.1) is 0 Å². The van der Waals surface area contributed by atoms with Gasteiger partial charge in [0.15, 0.2) is 0 Å². The fraction of sp³-hybridized carbons (Fsp3) is 0.786. The smallest absolute Gasteiger partial charge is 0.375 e. The van der Waals surface area contributed by atoms with Gasteiger partial charge in [-0.2, -0.15) is 0 Å².